The smallest absolute Gasteiger partial charge is 0.410 e. The van der Waals surface area contributed by atoms with E-state index >= 15 is 0 Å². The van der Waals surface area contributed by atoms with E-state index in [1.54, 1.807) is 24.3 Å². The van der Waals surface area contributed by atoms with Crippen molar-refractivity contribution in [3.8, 4) is 5.75 Å². The van der Waals surface area contributed by atoms with Crippen LogP contribution in [0.2, 0.25) is 5.02 Å². The molecule has 0 fully saturated rings. The summed E-state index contributed by atoms with van der Waals surface area (Å²) < 4.78 is 5.01. The fourth-order valence-corrected chi connectivity index (χ4v) is 1.55. The number of non-ortho nitro benzene ring substituents is 1. The van der Waals surface area contributed by atoms with E-state index in [1.165, 1.54) is 24.3 Å². The van der Waals surface area contributed by atoms with Gasteiger partial charge in [0, 0.05) is 22.8 Å². The van der Waals surface area contributed by atoms with Crippen molar-refractivity contribution in [3.63, 3.8) is 0 Å². The van der Waals surface area contributed by atoms with Gasteiger partial charge in [-0.1, -0.05) is 11.6 Å². The van der Waals surface area contributed by atoms with E-state index in [4.69, 9.17) is 16.3 Å². The minimum atomic E-state index is -0.693. The fourth-order valence-electron chi connectivity index (χ4n) is 1.42. The molecule has 0 aliphatic rings. The summed E-state index contributed by atoms with van der Waals surface area (Å²) in [6.07, 6.45) is -0.693. The predicted molar refractivity (Wildman–Crippen MR) is 74.2 cm³/mol. The zero-order valence-electron chi connectivity index (χ0n) is 10.1. The van der Waals surface area contributed by atoms with Gasteiger partial charge in [-0.2, -0.15) is 0 Å². The monoisotopic (exact) mass is 292 g/mol. The number of carbonyl (C=O) groups is 1. The molecule has 0 saturated heterocycles. The lowest BCUT2D eigenvalue weighted by Crippen LogP contribution is -2.16. The average Bonchev–Trinajstić information content (AvgIpc) is 2.42. The van der Waals surface area contributed by atoms with E-state index in [9.17, 15) is 14.9 Å². The lowest BCUT2D eigenvalue weighted by molar-refractivity contribution is -0.384. The predicted octanol–water partition coefficient (Wildman–Crippen LogP) is 3.86. The minimum absolute atomic E-state index is 0.0541. The summed E-state index contributed by atoms with van der Waals surface area (Å²) in [5.74, 6) is 0.341. The van der Waals surface area contributed by atoms with Crippen LogP contribution < -0.4 is 10.1 Å². The zero-order chi connectivity index (χ0) is 14.5. The molecule has 20 heavy (non-hydrogen) atoms. The standard InChI is InChI=1S/C13H9ClN2O4/c14-9-1-7-12(8-2-9)20-13(17)15-10-3-5-11(6-4-10)16(18)19/h1-8H,(H,15,17). The first-order valence-electron chi connectivity index (χ1n) is 5.53. The first kappa shape index (κ1) is 13.8. The highest BCUT2D eigenvalue weighted by atomic mass is 35.5. The normalized spacial score (nSPS) is 9.85. The van der Waals surface area contributed by atoms with Gasteiger partial charge in [-0.05, 0) is 36.4 Å². The second kappa shape index (κ2) is 6.03. The second-order valence-electron chi connectivity index (χ2n) is 3.77. The van der Waals surface area contributed by atoms with Gasteiger partial charge in [0.1, 0.15) is 5.75 Å². The van der Waals surface area contributed by atoms with Gasteiger partial charge in [-0.3, -0.25) is 15.4 Å². The number of hydrogen-bond donors (Lipinski definition) is 1. The molecule has 0 aromatic heterocycles. The molecule has 0 radical (unpaired) electrons. The molecule has 1 N–H and O–H groups in total. The maximum atomic E-state index is 11.6. The molecule has 6 nitrogen and oxygen atoms in total. The van der Waals surface area contributed by atoms with Gasteiger partial charge in [0.2, 0.25) is 0 Å². The molecule has 0 unspecified atom stereocenters. The van der Waals surface area contributed by atoms with Crippen molar-refractivity contribution in [1.29, 1.82) is 0 Å². The summed E-state index contributed by atoms with van der Waals surface area (Å²) >= 11 is 5.71. The summed E-state index contributed by atoms with van der Waals surface area (Å²) in [6, 6.07) is 11.7. The molecule has 0 atom stereocenters. The third-order valence-electron chi connectivity index (χ3n) is 2.35. The third kappa shape index (κ3) is 3.69. The van der Waals surface area contributed by atoms with E-state index in [0.717, 1.165) is 0 Å². The van der Waals surface area contributed by atoms with Crippen molar-refractivity contribution in [2.75, 3.05) is 5.32 Å². The summed E-state index contributed by atoms with van der Waals surface area (Å²) in [4.78, 5) is 21.6. The Balaban J connectivity index is 1.97. The van der Waals surface area contributed by atoms with Crippen LogP contribution in [0.25, 0.3) is 0 Å². The maximum Gasteiger partial charge on any atom is 0.417 e. The highest BCUT2D eigenvalue weighted by Crippen LogP contribution is 2.18. The van der Waals surface area contributed by atoms with E-state index in [-0.39, 0.29) is 5.69 Å². The molecule has 0 heterocycles. The van der Waals surface area contributed by atoms with E-state index in [2.05, 4.69) is 5.32 Å². The van der Waals surface area contributed by atoms with E-state index < -0.39 is 11.0 Å². The Hall–Kier alpha value is -2.60. The number of rotatable bonds is 3. The van der Waals surface area contributed by atoms with Crippen molar-refractivity contribution in [3.05, 3.63) is 63.7 Å². The Morgan fingerprint density at radius 2 is 1.70 bits per heavy atom. The van der Waals surface area contributed by atoms with Crippen LogP contribution in [0, 0.1) is 10.1 Å². The first-order valence-corrected chi connectivity index (χ1v) is 5.91. The Labute approximate surface area is 119 Å². The number of benzene rings is 2. The van der Waals surface area contributed by atoms with Gasteiger partial charge in [0.05, 0.1) is 4.92 Å². The molecule has 0 aliphatic heterocycles. The van der Waals surface area contributed by atoms with Crippen LogP contribution in [-0.2, 0) is 0 Å². The van der Waals surface area contributed by atoms with Crippen molar-refractivity contribution in [1.82, 2.24) is 0 Å². The number of anilines is 1. The third-order valence-corrected chi connectivity index (χ3v) is 2.60. The Kier molecular flexibility index (Phi) is 4.17. The molecule has 2 aromatic rings. The van der Waals surface area contributed by atoms with E-state index in [1.807, 2.05) is 0 Å². The molecule has 7 heteroatoms. The maximum absolute atomic E-state index is 11.6. The van der Waals surface area contributed by atoms with Gasteiger partial charge in [-0.15, -0.1) is 0 Å². The molecule has 2 aromatic carbocycles. The molecule has 2 rings (SSSR count). The SMILES string of the molecule is O=C(Nc1ccc([N+](=O)[O-])cc1)Oc1ccc(Cl)cc1. The van der Waals surface area contributed by atoms with Crippen molar-refractivity contribution >= 4 is 29.1 Å². The number of ether oxygens (including phenoxy) is 1. The van der Waals surface area contributed by atoms with Crippen molar-refractivity contribution in [2.24, 2.45) is 0 Å². The summed E-state index contributed by atoms with van der Waals surface area (Å²) in [7, 11) is 0. The van der Waals surface area contributed by atoms with Crippen LogP contribution in [0.15, 0.2) is 48.5 Å². The summed E-state index contributed by atoms with van der Waals surface area (Å²) in [5, 5.41) is 13.5. The zero-order valence-corrected chi connectivity index (χ0v) is 10.8. The minimum Gasteiger partial charge on any atom is -0.410 e. The van der Waals surface area contributed by atoms with E-state index in [0.29, 0.717) is 16.5 Å². The molecule has 1 amide bonds. The Morgan fingerprint density at radius 3 is 2.25 bits per heavy atom. The van der Waals surface area contributed by atoms with Gasteiger partial charge in [-0.25, -0.2) is 4.79 Å². The lowest BCUT2D eigenvalue weighted by atomic mass is 10.3. The van der Waals surface area contributed by atoms with Crippen LogP contribution in [0.4, 0.5) is 16.2 Å². The Bertz CT molecular complexity index is 626. The number of nitro benzene ring substituents is 1. The van der Waals surface area contributed by atoms with Crippen LogP contribution in [-0.4, -0.2) is 11.0 Å². The molecule has 0 saturated carbocycles. The molecule has 0 aliphatic carbocycles. The molecule has 0 spiro atoms. The fraction of sp³-hybridized carbons (Fsp3) is 0. The molecule has 102 valence electrons. The molecule has 0 bridgehead atoms. The number of nitrogens with one attached hydrogen (secondary N) is 1. The molecular weight excluding hydrogens is 284 g/mol. The summed E-state index contributed by atoms with van der Waals surface area (Å²) in [5.41, 5.74) is 0.344. The molecular formula is C13H9ClN2O4. The summed E-state index contributed by atoms with van der Waals surface area (Å²) in [6.45, 7) is 0. The number of hydrogen-bond acceptors (Lipinski definition) is 4. The van der Waals surface area contributed by atoms with Gasteiger partial charge in [0.15, 0.2) is 0 Å². The average molecular weight is 293 g/mol. The highest BCUT2D eigenvalue weighted by Gasteiger charge is 2.07. The van der Waals surface area contributed by atoms with Crippen LogP contribution in [0.1, 0.15) is 0 Å². The lowest BCUT2D eigenvalue weighted by Gasteiger charge is -2.06. The van der Waals surface area contributed by atoms with Gasteiger partial charge < -0.3 is 4.74 Å². The van der Waals surface area contributed by atoms with Crippen molar-refractivity contribution in [2.45, 2.75) is 0 Å². The number of halogens is 1. The van der Waals surface area contributed by atoms with Crippen LogP contribution in [0.3, 0.4) is 0 Å². The van der Waals surface area contributed by atoms with Crippen LogP contribution in [0.5, 0.6) is 5.75 Å². The number of nitro groups is 1. The number of amides is 1. The number of nitrogens with zero attached hydrogens (tertiary/aromatic N) is 1. The van der Waals surface area contributed by atoms with Crippen molar-refractivity contribution < 1.29 is 14.5 Å². The first-order chi connectivity index (χ1) is 9.54. The van der Waals surface area contributed by atoms with Gasteiger partial charge >= 0.3 is 6.09 Å². The van der Waals surface area contributed by atoms with Gasteiger partial charge in [0.25, 0.3) is 5.69 Å². The second-order valence-corrected chi connectivity index (χ2v) is 4.21. The Morgan fingerprint density at radius 1 is 1.10 bits per heavy atom. The van der Waals surface area contributed by atoms with Crippen LogP contribution >= 0.6 is 11.6 Å². The topological polar surface area (TPSA) is 81.5 Å². The quantitative estimate of drug-likeness (QED) is 0.688. The largest absolute Gasteiger partial charge is 0.417 e. The number of carbonyl (C=O) groups excluding carboxylic acids is 1. The highest BCUT2D eigenvalue weighted by molar-refractivity contribution is 6.30.